The van der Waals surface area contributed by atoms with Crippen LogP contribution in [-0.2, 0) is 4.79 Å². The third-order valence-electron chi connectivity index (χ3n) is 5.37. The first kappa shape index (κ1) is 16.1. The maximum Gasteiger partial charge on any atom is 0.270 e. The third kappa shape index (κ3) is 2.46. The molecule has 0 radical (unpaired) electrons. The van der Waals surface area contributed by atoms with Crippen molar-refractivity contribution in [2.45, 2.75) is 24.7 Å². The van der Waals surface area contributed by atoms with Gasteiger partial charge in [0.15, 0.2) is 5.78 Å². The molecule has 1 aliphatic heterocycles. The maximum atomic E-state index is 13.2. The van der Waals surface area contributed by atoms with Crippen molar-refractivity contribution >= 4 is 22.9 Å². The fourth-order valence-corrected chi connectivity index (χ4v) is 5.02. The molecule has 5 rings (SSSR count). The number of aromatic amines is 2. The number of Topliss-reactive ketones (excluding diaryl/α,β-unsaturated/α-hetero) is 1. The molecule has 0 fully saturated rings. The fourth-order valence-electron chi connectivity index (χ4n) is 4.19. The molecule has 0 saturated heterocycles. The van der Waals surface area contributed by atoms with E-state index < -0.39 is 5.92 Å². The number of fused-ring (bicyclic) bond motifs is 1. The number of rotatable bonds is 2. The van der Waals surface area contributed by atoms with Gasteiger partial charge in [-0.2, -0.15) is 0 Å². The van der Waals surface area contributed by atoms with Crippen LogP contribution in [0, 0.1) is 0 Å². The molecular formula is C20H17N3O3S. The van der Waals surface area contributed by atoms with Crippen LogP contribution in [0.5, 0.6) is 5.75 Å². The molecular weight excluding hydrogens is 362 g/mol. The molecule has 7 heteroatoms. The number of allylic oxidation sites excluding steroid dienone is 2. The second-order valence-electron chi connectivity index (χ2n) is 6.92. The number of hydrogen-bond donors (Lipinski definition) is 4. The summed E-state index contributed by atoms with van der Waals surface area (Å²) in [5.74, 6) is 0.203. The van der Waals surface area contributed by atoms with Crippen LogP contribution < -0.4 is 10.9 Å². The van der Waals surface area contributed by atoms with Gasteiger partial charge >= 0.3 is 0 Å². The van der Waals surface area contributed by atoms with Gasteiger partial charge in [0.25, 0.3) is 5.56 Å². The van der Waals surface area contributed by atoms with Crippen molar-refractivity contribution in [2.24, 2.45) is 0 Å². The highest BCUT2D eigenvalue weighted by Crippen LogP contribution is 2.48. The lowest BCUT2D eigenvalue weighted by molar-refractivity contribution is -0.116. The molecule has 3 heterocycles. The Morgan fingerprint density at radius 1 is 1.04 bits per heavy atom. The second kappa shape index (κ2) is 5.99. The predicted molar refractivity (Wildman–Crippen MR) is 103 cm³/mol. The van der Waals surface area contributed by atoms with E-state index >= 15 is 0 Å². The molecule has 27 heavy (non-hydrogen) atoms. The van der Waals surface area contributed by atoms with Gasteiger partial charge in [0.1, 0.15) is 11.6 Å². The lowest BCUT2D eigenvalue weighted by atomic mass is 9.73. The van der Waals surface area contributed by atoms with Crippen molar-refractivity contribution < 1.29 is 9.90 Å². The van der Waals surface area contributed by atoms with Gasteiger partial charge in [-0.25, -0.2) is 0 Å². The Bertz CT molecular complexity index is 1120. The van der Waals surface area contributed by atoms with E-state index in [0.717, 1.165) is 5.70 Å². The number of ketones is 1. The first-order valence-corrected chi connectivity index (χ1v) is 9.66. The Labute approximate surface area is 158 Å². The molecule has 0 bridgehead atoms. The zero-order valence-electron chi connectivity index (χ0n) is 14.3. The van der Waals surface area contributed by atoms with Crippen LogP contribution in [0.3, 0.4) is 0 Å². The third-order valence-corrected chi connectivity index (χ3v) is 6.40. The fraction of sp³-hybridized carbons (Fsp3) is 0.200. The van der Waals surface area contributed by atoms with E-state index in [1.807, 2.05) is 11.4 Å². The Morgan fingerprint density at radius 2 is 1.89 bits per heavy atom. The van der Waals surface area contributed by atoms with Crippen LogP contribution in [0.2, 0.25) is 0 Å². The topological polar surface area (TPSA) is 98.0 Å². The highest BCUT2D eigenvalue weighted by Gasteiger charge is 2.41. The van der Waals surface area contributed by atoms with Gasteiger partial charge in [-0.3, -0.25) is 19.8 Å². The molecule has 6 nitrogen and oxygen atoms in total. The van der Waals surface area contributed by atoms with Crippen molar-refractivity contribution in [3.05, 3.63) is 79.4 Å². The minimum Gasteiger partial charge on any atom is -0.508 e. The molecule has 1 aromatic carbocycles. The Morgan fingerprint density at radius 3 is 2.67 bits per heavy atom. The quantitative estimate of drug-likeness (QED) is 0.548. The van der Waals surface area contributed by atoms with Gasteiger partial charge in [-0.1, -0.05) is 24.3 Å². The molecule has 3 aromatic rings. The van der Waals surface area contributed by atoms with Crippen LogP contribution in [0.25, 0.3) is 0 Å². The molecule has 0 saturated carbocycles. The smallest absolute Gasteiger partial charge is 0.270 e. The molecule has 2 aliphatic rings. The number of anilines is 1. The minimum absolute atomic E-state index is 0.0154. The van der Waals surface area contributed by atoms with E-state index in [1.165, 1.54) is 4.88 Å². The lowest BCUT2D eigenvalue weighted by Crippen LogP contribution is -2.31. The number of carbonyl (C=O) groups is 1. The van der Waals surface area contributed by atoms with Gasteiger partial charge in [0.05, 0.1) is 11.5 Å². The van der Waals surface area contributed by atoms with Crippen molar-refractivity contribution in [3.63, 3.8) is 0 Å². The van der Waals surface area contributed by atoms with Crippen LogP contribution in [0.4, 0.5) is 5.82 Å². The van der Waals surface area contributed by atoms with Crippen LogP contribution in [0.15, 0.2) is 57.8 Å². The van der Waals surface area contributed by atoms with Crippen molar-refractivity contribution in [3.8, 4) is 5.75 Å². The number of thiophene rings is 1. The Kier molecular flexibility index (Phi) is 3.58. The number of hydrogen-bond acceptors (Lipinski definition) is 5. The summed E-state index contributed by atoms with van der Waals surface area (Å²) in [7, 11) is 0. The zero-order chi connectivity index (χ0) is 18.5. The SMILES string of the molecule is O=C1C[C@@H](c2cccs2)CC2=C1[C@H](c1ccccc1O)c1c([nH][nH]c1=O)N2. The largest absolute Gasteiger partial charge is 0.508 e. The van der Waals surface area contributed by atoms with Crippen LogP contribution in [-0.4, -0.2) is 21.1 Å². The van der Waals surface area contributed by atoms with Gasteiger partial charge in [0, 0.05) is 34.0 Å². The van der Waals surface area contributed by atoms with E-state index in [-0.39, 0.29) is 23.0 Å². The average molecular weight is 379 g/mol. The molecule has 0 unspecified atom stereocenters. The van der Waals surface area contributed by atoms with E-state index in [0.29, 0.717) is 35.4 Å². The van der Waals surface area contributed by atoms with Gasteiger partial charge in [-0.05, 0) is 23.9 Å². The van der Waals surface area contributed by atoms with Gasteiger partial charge < -0.3 is 10.4 Å². The first-order chi connectivity index (χ1) is 13.1. The number of nitrogens with one attached hydrogen (secondary N) is 3. The molecule has 136 valence electrons. The number of benzene rings is 1. The number of para-hydroxylation sites is 1. The van der Waals surface area contributed by atoms with Crippen LogP contribution in [0.1, 0.15) is 40.7 Å². The van der Waals surface area contributed by atoms with Gasteiger partial charge in [-0.15, -0.1) is 11.3 Å². The second-order valence-corrected chi connectivity index (χ2v) is 7.90. The monoisotopic (exact) mass is 379 g/mol. The molecule has 2 aromatic heterocycles. The number of aromatic nitrogens is 2. The highest BCUT2D eigenvalue weighted by molar-refractivity contribution is 7.10. The molecule has 0 amide bonds. The molecule has 4 N–H and O–H groups in total. The van der Waals surface area contributed by atoms with E-state index in [2.05, 4.69) is 21.6 Å². The Hall–Kier alpha value is -3.06. The van der Waals surface area contributed by atoms with E-state index in [1.54, 1.807) is 35.6 Å². The normalized spacial score (nSPS) is 21.6. The highest BCUT2D eigenvalue weighted by atomic mass is 32.1. The molecule has 2 atom stereocenters. The Balaban J connectivity index is 1.68. The minimum atomic E-state index is -0.579. The number of phenols is 1. The summed E-state index contributed by atoms with van der Waals surface area (Å²) >= 11 is 1.65. The average Bonchev–Trinajstić information content (AvgIpc) is 3.31. The number of aromatic hydroxyl groups is 1. The summed E-state index contributed by atoms with van der Waals surface area (Å²) in [5, 5.41) is 21.2. The van der Waals surface area contributed by atoms with Crippen molar-refractivity contribution in [1.29, 1.82) is 0 Å². The maximum absolute atomic E-state index is 13.2. The summed E-state index contributed by atoms with van der Waals surface area (Å²) in [4.78, 5) is 26.8. The van der Waals surface area contributed by atoms with Crippen molar-refractivity contribution in [1.82, 2.24) is 10.2 Å². The summed E-state index contributed by atoms with van der Waals surface area (Å²) in [6.45, 7) is 0. The zero-order valence-corrected chi connectivity index (χ0v) is 15.1. The van der Waals surface area contributed by atoms with Crippen LogP contribution >= 0.6 is 11.3 Å². The van der Waals surface area contributed by atoms with E-state index in [4.69, 9.17) is 0 Å². The molecule has 1 aliphatic carbocycles. The summed E-state index contributed by atoms with van der Waals surface area (Å²) in [6.07, 6.45) is 1.10. The van der Waals surface area contributed by atoms with E-state index in [9.17, 15) is 14.7 Å². The first-order valence-electron chi connectivity index (χ1n) is 8.78. The summed E-state index contributed by atoms with van der Waals surface area (Å²) < 4.78 is 0. The lowest BCUT2D eigenvalue weighted by Gasteiger charge is -2.34. The summed E-state index contributed by atoms with van der Waals surface area (Å²) in [5.41, 5.74) is 2.13. The van der Waals surface area contributed by atoms with Crippen molar-refractivity contribution in [2.75, 3.05) is 5.32 Å². The van der Waals surface area contributed by atoms with Gasteiger partial charge in [0.2, 0.25) is 0 Å². The number of H-pyrrole nitrogens is 2. The molecule has 0 spiro atoms. The number of carbonyl (C=O) groups excluding carboxylic acids is 1. The summed E-state index contributed by atoms with van der Waals surface area (Å²) in [6, 6.07) is 10.9. The number of phenolic OH excluding ortho intramolecular Hbond substituents is 1. The predicted octanol–water partition coefficient (Wildman–Crippen LogP) is 3.43. The standard InChI is InChI=1S/C20H17N3O3S/c24-13-5-2-1-4-11(13)16-17-12(21-19-18(16)20(26)23-22-19)8-10(9-14(17)25)15-6-3-7-27-15/h1-7,10,16,24H,8-9H2,(H3,21,22,23,26)/t10-,16-/m0/s1.